The standard InChI is InChI=1S/C15H10BrNO/c16-12-6-8-13(9-7-12)17-10-14(15(17)18)11-4-2-1-3-5-11/h1-10H. The van der Waals surface area contributed by atoms with Gasteiger partial charge < -0.3 is 0 Å². The molecule has 0 aliphatic carbocycles. The minimum atomic E-state index is 0.0449. The lowest BCUT2D eigenvalue weighted by Gasteiger charge is -2.29. The summed E-state index contributed by atoms with van der Waals surface area (Å²) in [5, 5.41) is 0. The molecule has 1 heterocycles. The molecule has 2 aromatic rings. The summed E-state index contributed by atoms with van der Waals surface area (Å²) in [4.78, 5) is 13.8. The molecule has 0 unspecified atom stereocenters. The van der Waals surface area contributed by atoms with Gasteiger partial charge in [0, 0.05) is 16.4 Å². The molecule has 0 bridgehead atoms. The topological polar surface area (TPSA) is 20.3 Å². The minimum Gasteiger partial charge on any atom is -0.283 e. The van der Waals surface area contributed by atoms with Crippen molar-refractivity contribution >= 4 is 33.1 Å². The number of carbonyl (C=O) groups is 1. The first-order valence-corrected chi connectivity index (χ1v) is 6.41. The molecule has 1 aliphatic rings. The third-order valence-corrected chi connectivity index (χ3v) is 3.43. The maximum atomic E-state index is 12.1. The van der Waals surface area contributed by atoms with Crippen LogP contribution in [0.1, 0.15) is 5.56 Å². The Kier molecular flexibility index (Phi) is 2.76. The highest BCUT2D eigenvalue weighted by Gasteiger charge is 2.29. The molecule has 0 aromatic heterocycles. The molecule has 0 radical (unpaired) electrons. The number of anilines is 1. The molecule has 0 saturated heterocycles. The van der Waals surface area contributed by atoms with Crippen LogP contribution in [-0.4, -0.2) is 5.91 Å². The van der Waals surface area contributed by atoms with Gasteiger partial charge in [0.2, 0.25) is 0 Å². The highest BCUT2D eigenvalue weighted by Crippen LogP contribution is 2.31. The van der Waals surface area contributed by atoms with Crippen molar-refractivity contribution in [3.63, 3.8) is 0 Å². The Hall–Kier alpha value is -1.87. The summed E-state index contributed by atoms with van der Waals surface area (Å²) in [6, 6.07) is 17.4. The number of hydrogen-bond donors (Lipinski definition) is 0. The van der Waals surface area contributed by atoms with Gasteiger partial charge in [-0.1, -0.05) is 46.3 Å². The molecule has 1 aliphatic heterocycles. The zero-order chi connectivity index (χ0) is 12.5. The van der Waals surface area contributed by atoms with Crippen molar-refractivity contribution in [1.29, 1.82) is 0 Å². The Morgan fingerprint density at radius 2 is 1.56 bits per heavy atom. The summed E-state index contributed by atoms with van der Waals surface area (Å²) in [6.45, 7) is 0. The van der Waals surface area contributed by atoms with Crippen LogP contribution < -0.4 is 4.90 Å². The van der Waals surface area contributed by atoms with Crippen LogP contribution in [0.2, 0.25) is 0 Å². The predicted molar refractivity (Wildman–Crippen MR) is 76.0 cm³/mol. The maximum Gasteiger partial charge on any atom is 0.264 e. The highest BCUT2D eigenvalue weighted by molar-refractivity contribution is 9.10. The summed E-state index contributed by atoms with van der Waals surface area (Å²) in [5.74, 6) is 0.0449. The van der Waals surface area contributed by atoms with Gasteiger partial charge in [0.05, 0.1) is 5.57 Å². The maximum absolute atomic E-state index is 12.1. The first-order chi connectivity index (χ1) is 8.75. The van der Waals surface area contributed by atoms with Gasteiger partial charge >= 0.3 is 0 Å². The van der Waals surface area contributed by atoms with Crippen LogP contribution in [0, 0.1) is 0 Å². The van der Waals surface area contributed by atoms with Crippen LogP contribution in [0.5, 0.6) is 0 Å². The number of nitrogens with zero attached hydrogens (tertiary/aromatic N) is 1. The van der Waals surface area contributed by atoms with Crippen molar-refractivity contribution in [3.8, 4) is 0 Å². The number of benzene rings is 2. The van der Waals surface area contributed by atoms with E-state index >= 15 is 0 Å². The number of halogens is 1. The van der Waals surface area contributed by atoms with Crippen molar-refractivity contribution < 1.29 is 4.79 Å². The van der Waals surface area contributed by atoms with Gasteiger partial charge in [-0.2, -0.15) is 0 Å². The van der Waals surface area contributed by atoms with Crippen LogP contribution in [-0.2, 0) is 4.79 Å². The third-order valence-electron chi connectivity index (χ3n) is 2.90. The second-order valence-electron chi connectivity index (χ2n) is 4.06. The molecule has 0 saturated carbocycles. The molecule has 1 amide bonds. The van der Waals surface area contributed by atoms with E-state index in [2.05, 4.69) is 15.9 Å². The molecule has 18 heavy (non-hydrogen) atoms. The van der Waals surface area contributed by atoms with Crippen LogP contribution in [0.3, 0.4) is 0 Å². The molecule has 2 nitrogen and oxygen atoms in total. The monoisotopic (exact) mass is 299 g/mol. The van der Waals surface area contributed by atoms with E-state index in [0.29, 0.717) is 0 Å². The van der Waals surface area contributed by atoms with Crippen molar-refractivity contribution in [3.05, 3.63) is 70.8 Å². The molecular formula is C15H10BrNO. The second kappa shape index (κ2) is 4.42. The average Bonchev–Trinajstić information content (AvgIpc) is 2.41. The highest BCUT2D eigenvalue weighted by atomic mass is 79.9. The van der Waals surface area contributed by atoms with E-state index in [4.69, 9.17) is 0 Å². The van der Waals surface area contributed by atoms with Crippen LogP contribution in [0.4, 0.5) is 5.69 Å². The summed E-state index contributed by atoms with van der Waals surface area (Å²) in [5.41, 5.74) is 2.62. The second-order valence-corrected chi connectivity index (χ2v) is 4.98. The number of rotatable bonds is 2. The van der Waals surface area contributed by atoms with Gasteiger partial charge in [0.1, 0.15) is 0 Å². The Bertz CT molecular complexity index is 617. The molecule has 3 rings (SSSR count). The lowest BCUT2D eigenvalue weighted by atomic mass is 10.0. The van der Waals surface area contributed by atoms with E-state index in [1.54, 1.807) is 4.90 Å². The smallest absolute Gasteiger partial charge is 0.264 e. The summed E-state index contributed by atoms with van der Waals surface area (Å²) in [7, 11) is 0. The normalized spacial score (nSPS) is 14.2. The first kappa shape index (κ1) is 11.2. The van der Waals surface area contributed by atoms with Gasteiger partial charge in [-0.25, -0.2) is 0 Å². The van der Waals surface area contributed by atoms with Crippen LogP contribution in [0.15, 0.2) is 65.3 Å². The van der Waals surface area contributed by atoms with Crippen LogP contribution >= 0.6 is 15.9 Å². The summed E-state index contributed by atoms with van der Waals surface area (Å²) < 4.78 is 1.01. The molecule has 3 heteroatoms. The number of amides is 1. The zero-order valence-electron chi connectivity index (χ0n) is 9.51. The molecule has 2 aromatic carbocycles. The summed E-state index contributed by atoms with van der Waals surface area (Å²) >= 11 is 3.38. The SMILES string of the molecule is O=C1C(c2ccccc2)=CN1c1ccc(Br)cc1. The van der Waals surface area contributed by atoms with Gasteiger partial charge in [-0.05, 0) is 29.8 Å². The Morgan fingerprint density at radius 3 is 2.17 bits per heavy atom. The van der Waals surface area contributed by atoms with Gasteiger partial charge in [0.15, 0.2) is 0 Å². The van der Waals surface area contributed by atoms with E-state index in [9.17, 15) is 4.79 Å². The lowest BCUT2D eigenvalue weighted by molar-refractivity contribution is -0.113. The Balaban J connectivity index is 1.90. The van der Waals surface area contributed by atoms with Gasteiger partial charge in [-0.15, -0.1) is 0 Å². The fraction of sp³-hybridized carbons (Fsp3) is 0. The van der Waals surface area contributed by atoms with E-state index in [1.165, 1.54) is 0 Å². The van der Waals surface area contributed by atoms with E-state index in [1.807, 2.05) is 60.8 Å². The van der Waals surface area contributed by atoms with Crippen LogP contribution in [0.25, 0.3) is 5.57 Å². The van der Waals surface area contributed by atoms with Crippen molar-refractivity contribution in [1.82, 2.24) is 0 Å². The van der Waals surface area contributed by atoms with E-state index < -0.39 is 0 Å². The quantitative estimate of drug-likeness (QED) is 0.825. The average molecular weight is 300 g/mol. The fourth-order valence-electron chi connectivity index (χ4n) is 1.92. The predicted octanol–water partition coefficient (Wildman–Crippen LogP) is 3.84. The van der Waals surface area contributed by atoms with E-state index in [0.717, 1.165) is 21.3 Å². The molecule has 0 fully saturated rings. The Labute approximate surface area is 114 Å². The zero-order valence-corrected chi connectivity index (χ0v) is 11.1. The Morgan fingerprint density at radius 1 is 0.889 bits per heavy atom. The molecule has 0 N–H and O–H groups in total. The lowest BCUT2D eigenvalue weighted by Crippen LogP contribution is -2.35. The van der Waals surface area contributed by atoms with Crippen molar-refractivity contribution in [2.45, 2.75) is 0 Å². The molecule has 88 valence electrons. The van der Waals surface area contributed by atoms with E-state index in [-0.39, 0.29) is 5.91 Å². The third kappa shape index (κ3) is 1.87. The largest absolute Gasteiger partial charge is 0.283 e. The molecular weight excluding hydrogens is 290 g/mol. The van der Waals surface area contributed by atoms with Crippen molar-refractivity contribution in [2.24, 2.45) is 0 Å². The minimum absolute atomic E-state index is 0.0449. The van der Waals surface area contributed by atoms with Gasteiger partial charge in [-0.3, -0.25) is 9.69 Å². The molecule has 0 atom stereocenters. The molecule has 0 spiro atoms. The number of carbonyl (C=O) groups excluding carboxylic acids is 1. The number of hydrogen-bond acceptors (Lipinski definition) is 1. The summed E-state index contributed by atoms with van der Waals surface area (Å²) in [6.07, 6.45) is 1.88. The van der Waals surface area contributed by atoms with Gasteiger partial charge in [0.25, 0.3) is 5.91 Å². The first-order valence-electron chi connectivity index (χ1n) is 5.62. The van der Waals surface area contributed by atoms with Crippen molar-refractivity contribution in [2.75, 3.05) is 4.90 Å². The fourth-order valence-corrected chi connectivity index (χ4v) is 2.18.